The standard InChI is InChI=1S/C11H16N2/c1-11(2,3)9-5-4-8-6-12-7-13-10(8)9/h6-7,9H,4-5H2,1-3H3. The van der Waals surface area contributed by atoms with Crippen molar-refractivity contribution in [3.05, 3.63) is 23.8 Å². The van der Waals surface area contributed by atoms with Gasteiger partial charge in [0.25, 0.3) is 0 Å². The average Bonchev–Trinajstić information content (AvgIpc) is 2.45. The van der Waals surface area contributed by atoms with Crippen molar-refractivity contribution in [2.45, 2.75) is 39.5 Å². The van der Waals surface area contributed by atoms with E-state index in [-0.39, 0.29) is 0 Å². The van der Waals surface area contributed by atoms with Crippen LogP contribution >= 0.6 is 0 Å². The fourth-order valence-corrected chi connectivity index (χ4v) is 2.15. The smallest absolute Gasteiger partial charge is 0.115 e. The molecule has 0 saturated carbocycles. The van der Waals surface area contributed by atoms with Crippen molar-refractivity contribution in [1.82, 2.24) is 9.97 Å². The molecule has 1 aliphatic rings. The molecule has 0 N–H and O–H groups in total. The molecule has 0 saturated heterocycles. The lowest BCUT2D eigenvalue weighted by atomic mass is 9.79. The summed E-state index contributed by atoms with van der Waals surface area (Å²) in [5, 5.41) is 0. The second-order valence-electron chi connectivity index (χ2n) is 4.89. The molecule has 70 valence electrons. The molecule has 0 fully saturated rings. The van der Waals surface area contributed by atoms with Crippen LogP contribution in [-0.4, -0.2) is 9.97 Å². The number of nitrogens with zero attached hydrogens (tertiary/aromatic N) is 2. The molecule has 1 heterocycles. The summed E-state index contributed by atoms with van der Waals surface area (Å²) < 4.78 is 0. The molecule has 0 amide bonds. The number of fused-ring (bicyclic) bond motifs is 1. The van der Waals surface area contributed by atoms with Crippen LogP contribution in [0.4, 0.5) is 0 Å². The van der Waals surface area contributed by atoms with Crippen molar-refractivity contribution >= 4 is 0 Å². The molecule has 13 heavy (non-hydrogen) atoms. The first kappa shape index (κ1) is 8.67. The van der Waals surface area contributed by atoms with Gasteiger partial charge >= 0.3 is 0 Å². The van der Waals surface area contributed by atoms with Gasteiger partial charge in [-0.3, -0.25) is 0 Å². The van der Waals surface area contributed by atoms with E-state index in [1.807, 2.05) is 6.20 Å². The average molecular weight is 176 g/mol. The summed E-state index contributed by atoms with van der Waals surface area (Å²) in [6.07, 6.45) is 6.02. The van der Waals surface area contributed by atoms with Crippen molar-refractivity contribution in [3.63, 3.8) is 0 Å². The zero-order valence-corrected chi connectivity index (χ0v) is 8.54. The summed E-state index contributed by atoms with van der Waals surface area (Å²) in [4.78, 5) is 8.46. The van der Waals surface area contributed by atoms with Crippen LogP contribution < -0.4 is 0 Å². The Morgan fingerprint density at radius 1 is 1.38 bits per heavy atom. The Balaban J connectivity index is 2.39. The Hall–Kier alpha value is -0.920. The quantitative estimate of drug-likeness (QED) is 0.607. The number of hydrogen-bond donors (Lipinski definition) is 0. The first-order valence-electron chi connectivity index (χ1n) is 4.88. The van der Waals surface area contributed by atoms with Crippen LogP contribution in [0.5, 0.6) is 0 Å². The Morgan fingerprint density at radius 2 is 2.15 bits per heavy atom. The van der Waals surface area contributed by atoms with Crippen LogP contribution in [-0.2, 0) is 6.42 Å². The lowest BCUT2D eigenvalue weighted by Crippen LogP contribution is -2.16. The van der Waals surface area contributed by atoms with E-state index in [2.05, 4.69) is 30.7 Å². The van der Waals surface area contributed by atoms with E-state index in [0.29, 0.717) is 11.3 Å². The minimum absolute atomic E-state index is 0.333. The van der Waals surface area contributed by atoms with Gasteiger partial charge in [-0.15, -0.1) is 0 Å². The lowest BCUT2D eigenvalue weighted by molar-refractivity contribution is 0.314. The van der Waals surface area contributed by atoms with Gasteiger partial charge in [0.05, 0.1) is 5.69 Å². The first-order valence-corrected chi connectivity index (χ1v) is 4.88. The predicted molar refractivity (Wildman–Crippen MR) is 52.5 cm³/mol. The van der Waals surface area contributed by atoms with Crippen LogP contribution in [0.1, 0.15) is 44.4 Å². The largest absolute Gasteiger partial charge is 0.245 e. The second kappa shape index (κ2) is 2.79. The Bertz CT molecular complexity index is 312. The number of rotatable bonds is 0. The molecule has 1 unspecified atom stereocenters. The van der Waals surface area contributed by atoms with Crippen LogP contribution in [0.3, 0.4) is 0 Å². The normalized spacial score (nSPS) is 21.6. The van der Waals surface area contributed by atoms with E-state index in [1.54, 1.807) is 6.33 Å². The van der Waals surface area contributed by atoms with Crippen LogP contribution in [0.25, 0.3) is 0 Å². The van der Waals surface area contributed by atoms with Crippen LogP contribution in [0.2, 0.25) is 0 Å². The summed E-state index contributed by atoms with van der Waals surface area (Å²) in [5.41, 5.74) is 2.96. The summed E-state index contributed by atoms with van der Waals surface area (Å²) in [5.74, 6) is 0.616. The molecule has 1 aromatic rings. The van der Waals surface area contributed by atoms with Gasteiger partial charge in [0, 0.05) is 12.1 Å². The molecule has 1 aliphatic carbocycles. The third-order valence-corrected chi connectivity index (χ3v) is 2.90. The molecule has 0 aliphatic heterocycles. The lowest BCUT2D eigenvalue weighted by Gasteiger charge is -2.26. The van der Waals surface area contributed by atoms with Gasteiger partial charge in [-0.25, -0.2) is 9.97 Å². The van der Waals surface area contributed by atoms with Crippen LogP contribution in [0.15, 0.2) is 12.5 Å². The second-order valence-corrected chi connectivity index (χ2v) is 4.89. The SMILES string of the molecule is CC(C)(C)C1CCc2cncnc21. The summed E-state index contributed by atoms with van der Waals surface area (Å²) >= 11 is 0. The summed E-state index contributed by atoms with van der Waals surface area (Å²) in [6, 6.07) is 0. The fraction of sp³-hybridized carbons (Fsp3) is 0.636. The van der Waals surface area contributed by atoms with E-state index in [4.69, 9.17) is 0 Å². The molecule has 0 bridgehead atoms. The molecular formula is C11H16N2. The van der Waals surface area contributed by atoms with Crippen molar-refractivity contribution in [2.75, 3.05) is 0 Å². The van der Waals surface area contributed by atoms with Crippen LogP contribution in [0, 0.1) is 5.41 Å². The number of aryl methyl sites for hydroxylation is 1. The Labute approximate surface area is 79.4 Å². The maximum absolute atomic E-state index is 4.40. The van der Waals surface area contributed by atoms with Gasteiger partial charge in [0.2, 0.25) is 0 Å². The third-order valence-electron chi connectivity index (χ3n) is 2.90. The molecular weight excluding hydrogens is 160 g/mol. The van der Waals surface area contributed by atoms with Crippen molar-refractivity contribution < 1.29 is 0 Å². The van der Waals surface area contributed by atoms with Gasteiger partial charge in [0.1, 0.15) is 6.33 Å². The van der Waals surface area contributed by atoms with E-state index in [9.17, 15) is 0 Å². The van der Waals surface area contributed by atoms with Gasteiger partial charge in [0.15, 0.2) is 0 Å². The highest BCUT2D eigenvalue weighted by atomic mass is 14.8. The van der Waals surface area contributed by atoms with Gasteiger partial charge < -0.3 is 0 Å². The zero-order valence-electron chi connectivity index (χ0n) is 8.54. The van der Waals surface area contributed by atoms with Crippen molar-refractivity contribution in [1.29, 1.82) is 0 Å². The monoisotopic (exact) mass is 176 g/mol. The summed E-state index contributed by atoms with van der Waals surface area (Å²) in [7, 11) is 0. The molecule has 2 heteroatoms. The first-order chi connectivity index (χ1) is 6.09. The minimum atomic E-state index is 0.333. The molecule has 2 rings (SSSR count). The zero-order chi connectivity index (χ0) is 9.47. The molecule has 2 nitrogen and oxygen atoms in total. The van der Waals surface area contributed by atoms with Gasteiger partial charge in [-0.1, -0.05) is 20.8 Å². The van der Waals surface area contributed by atoms with E-state index in [0.717, 1.165) is 6.42 Å². The van der Waals surface area contributed by atoms with Gasteiger partial charge in [-0.05, 0) is 23.8 Å². The van der Waals surface area contributed by atoms with E-state index >= 15 is 0 Å². The highest BCUT2D eigenvalue weighted by molar-refractivity contribution is 5.27. The van der Waals surface area contributed by atoms with E-state index < -0.39 is 0 Å². The number of aromatic nitrogens is 2. The Morgan fingerprint density at radius 3 is 2.85 bits per heavy atom. The molecule has 0 aromatic carbocycles. The maximum atomic E-state index is 4.40. The fourth-order valence-electron chi connectivity index (χ4n) is 2.15. The molecule has 1 atom stereocenters. The van der Waals surface area contributed by atoms with Crippen molar-refractivity contribution in [3.8, 4) is 0 Å². The molecule has 0 spiro atoms. The van der Waals surface area contributed by atoms with E-state index in [1.165, 1.54) is 17.7 Å². The number of hydrogen-bond acceptors (Lipinski definition) is 2. The van der Waals surface area contributed by atoms with Crippen molar-refractivity contribution in [2.24, 2.45) is 5.41 Å². The molecule has 0 radical (unpaired) electrons. The van der Waals surface area contributed by atoms with Gasteiger partial charge in [-0.2, -0.15) is 0 Å². The highest BCUT2D eigenvalue weighted by Crippen LogP contribution is 2.43. The predicted octanol–water partition coefficient (Wildman–Crippen LogP) is 2.55. The maximum Gasteiger partial charge on any atom is 0.115 e. The topological polar surface area (TPSA) is 25.8 Å². The Kier molecular flexibility index (Phi) is 1.86. The highest BCUT2D eigenvalue weighted by Gasteiger charge is 2.33. The minimum Gasteiger partial charge on any atom is -0.245 e. The summed E-state index contributed by atoms with van der Waals surface area (Å²) in [6.45, 7) is 6.86. The third kappa shape index (κ3) is 1.45. The molecule has 1 aromatic heterocycles.